The molecule has 1 amide bonds. The molecule has 1 aromatic heterocycles. The van der Waals surface area contributed by atoms with Crippen LogP contribution in [0.1, 0.15) is 37.6 Å². The molecular formula is C18H18BrF3N2O2. The third-order valence-corrected chi connectivity index (χ3v) is 4.82. The van der Waals surface area contributed by atoms with Gasteiger partial charge in [-0.25, -0.2) is 4.79 Å². The first-order valence-corrected chi connectivity index (χ1v) is 8.49. The van der Waals surface area contributed by atoms with E-state index < -0.39 is 28.8 Å². The van der Waals surface area contributed by atoms with Gasteiger partial charge in [-0.1, -0.05) is 32.9 Å². The van der Waals surface area contributed by atoms with Crippen molar-refractivity contribution in [3.05, 3.63) is 63.9 Å². The molecule has 0 fully saturated rings. The largest absolute Gasteiger partial charge is 0.465 e. The monoisotopic (exact) mass is 430 g/mol. The molecule has 2 aromatic rings. The highest BCUT2D eigenvalue weighted by molar-refractivity contribution is 9.10. The van der Waals surface area contributed by atoms with Crippen LogP contribution in [0.15, 0.2) is 47.1 Å². The molecular weight excluding hydrogens is 413 g/mol. The van der Waals surface area contributed by atoms with Gasteiger partial charge in [0, 0.05) is 10.7 Å². The SMILES string of the molecule is CC(C)(C)C(NC(=O)O)(c1ccc(C(F)(F)F)cc1)c1ncccc1Br. The number of halogens is 4. The maximum absolute atomic E-state index is 12.9. The van der Waals surface area contributed by atoms with Gasteiger partial charge in [0.1, 0.15) is 5.54 Å². The number of nitrogens with zero attached hydrogens (tertiary/aromatic N) is 1. The van der Waals surface area contributed by atoms with Crippen LogP contribution in [-0.2, 0) is 11.7 Å². The molecule has 0 aliphatic heterocycles. The van der Waals surface area contributed by atoms with E-state index in [0.29, 0.717) is 15.7 Å². The molecule has 4 nitrogen and oxygen atoms in total. The first-order chi connectivity index (χ1) is 11.9. The average molecular weight is 431 g/mol. The van der Waals surface area contributed by atoms with E-state index in [1.165, 1.54) is 18.3 Å². The molecule has 2 N–H and O–H groups in total. The van der Waals surface area contributed by atoms with Crippen LogP contribution < -0.4 is 5.32 Å². The van der Waals surface area contributed by atoms with Crippen LogP contribution in [0.25, 0.3) is 0 Å². The summed E-state index contributed by atoms with van der Waals surface area (Å²) in [6, 6.07) is 7.83. The number of carbonyl (C=O) groups is 1. The van der Waals surface area contributed by atoms with Gasteiger partial charge in [-0.2, -0.15) is 13.2 Å². The van der Waals surface area contributed by atoms with E-state index in [0.717, 1.165) is 12.1 Å². The Bertz CT molecular complexity index is 801. The van der Waals surface area contributed by atoms with Crippen LogP contribution in [0, 0.1) is 5.41 Å². The summed E-state index contributed by atoms with van der Waals surface area (Å²) in [5.74, 6) is 0. The minimum absolute atomic E-state index is 0.361. The first-order valence-electron chi connectivity index (χ1n) is 7.69. The quantitative estimate of drug-likeness (QED) is 0.682. The van der Waals surface area contributed by atoms with E-state index in [4.69, 9.17) is 0 Å². The topological polar surface area (TPSA) is 62.2 Å². The number of hydrogen-bond donors (Lipinski definition) is 2. The average Bonchev–Trinajstić information content (AvgIpc) is 2.51. The summed E-state index contributed by atoms with van der Waals surface area (Å²) in [7, 11) is 0. The van der Waals surface area contributed by atoms with Gasteiger partial charge in [-0.3, -0.25) is 4.98 Å². The number of alkyl halides is 3. The van der Waals surface area contributed by atoms with E-state index in [1.54, 1.807) is 32.9 Å². The number of aromatic nitrogens is 1. The second kappa shape index (κ2) is 6.90. The van der Waals surface area contributed by atoms with Gasteiger partial charge in [0.25, 0.3) is 0 Å². The van der Waals surface area contributed by atoms with Gasteiger partial charge in [0.2, 0.25) is 0 Å². The van der Waals surface area contributed by atoms with Crippen molar-refractivity contribution in [1.29, 1.82) is 0 Å². The number of amides is 1. The van der Waals surface area contributed by atoms with Gasteiger partial charge in [0.05, 0.1) is 11.3 Å². The van der Waals surface area contributed by atoms with Crippen molar-refractivity contribution in [3.63, 3.8) is 0 Å². The van der Waals surface area contributed by atoms with Crippen LogP contribution in [0.3, 0.4) is 0 Å². The van der Waals surface area contributed by atoms with Crippen molar-refractivity contribution in [2.45, 2.75) is 32.5 Å². The Hall–Kier alpha value is -2.09. The lowest BCUT2D eigenvalue weighted by molar-refractivity contribution is -0.137. The molecule has 0 saturated carbocycles. The Kier molecular flexibility index (Phi) is 5.37. The summed E-state index contributed by atoms with van der Waals surface area (Å²) in [4.78, 5) is 15.9. The fourth-order valence-electron chi connectivity index (χ4n) is 2.98. The molecule has 8 heteroatoms. The summed E-state index contributed by atoms with van der Waals surface area (Å²) in [5, 5.41) is 12.0. The van der Waals surface area contributed by atoms with E-state index in [2.05, 4.69) is 26.2 Å². The van der Waals surface area contributed by atoms with E-state index >= 15 is 0 Å². The van der Waals surface area contributed by atoms with Gasteiger partial charge in [-0.05, 0) is 51.2 Å². The number of rotatable bonds is 3. The Labute approximate surface area is 157 Å². The Balaban J connectivity index is 2.79. The molecule has 1 heterocycles. The molecule has 0 radical (unpaired) electrons. The van der Waals surface area contributed by atoms with Gasteiger partial charge in [-0.15, -0.1) is 0 Å². The molecule has 0 spiro atoms. The molecule has 0 bridgehead atoms. The first kappa shape index (κ1) is 20.2. The lowest BCUT2D eigenvalue weighted by Gasteiger charge is -2.45. The van der Waals surface area contributed by atoms with Crippen molar-refractivity contribution < 1.29 is 23.1 Å². The number of benzene rings is 1. The van der Waals surface area contributed by atoms with Crippen LogP contribution in [0.2, 0.25) is 0 Å². The summed E-state index contributed by atoms with van der Waals surface area (Å²) < 4.78 is 39.3. The van der Waals surface area contributed by atoms with Crippen molar-refractivity contribution in [2.75, 3.05) is 0 Å². The van der Waals surface area contributed by atoms with Crippen molar-refractivity contribution >= 4 is 22.0 Å². The summed E-state index contributed by atoms with van der Waals surface area (Å²) in [6.07, 6.45) is -4.28. The molecule has 1 aromatic carbocycles. The smallest absolute Gasteiger partial charge is 0.416 e. The van der Waals surface area contributed by atoms with E-state index in [-0.39, 0.29) is 0 Å². The molecule has 0 aliphatic rings. The molecule has 1 unspecified atom stereocenters. The Morgan fingerprint density at radius 1 is 1.08 bits per heavy atom. The van der Waals surface area contributed by atoms with Crippen molar-refractivity contribution in [1.82, 2.24) is 10.3 Å². The second-order valence-electron chi connectivity index (χ2n) is 6.84. The summed E-state index contributed by atoms with van der Waals surface area (Å²) in [6.45, 7) is 5.38. The third-order valence-electron chi connectivity index (χ3n) is 4.18. The molecule has 2 rings (SSSR count). The van der Waals surface area contributed by atoms with Gasteiger partial charge < -0.3 is 10.4 Å². The van der Waals surface area contributed by atoms with Crippen molar-refractivity contribution in [2.24, 2.45) is 5.41 Å². The van der Waals surface area contributed by atoms with E-state index in [1.807, 2.05) is 0 Å². The summed E-state index contributed by atoms with van der Waals surface area (Å²) in [5.41, 5.74) is -2.20. The number of nitrogens with one attached hydrogen (secondary N) is 1. The maximum atomic E-state index is 12.9. The zero-order valence-electron chi connectivity index (χ0n) is 14.4. The second-order valence-corrected chi connectivity index (χ2v) is 7.69. The van der Waals surface area contributed by atoms with Gasteiger partial charge in [0.15, 0.2) is 0 Å². The Morgan fingerprint density at radius 3 is 2.04 bits per heavy atom. The zero-order valence-corrected chi connectivity index (χ0v) is 15.9. The zero-order chi connectivity index (χ0) is 19.8. The van der Waals surface area contributed by atoms with Crippen LogP contribution in [-0.4, -0.2) is 16.2 Å². The van der Waals surface area contributed by atoms with Gasteiger partial charge >= 0.3 is 12.3 Å². The highest BCUT2D eigenvalue weighted by atomic mass is 79.9. The fraction of sp³-hybridized carbons (Fsp3) is 0.333. The minimum Gasteiger partial charge on any atom is -0.465 e. The highest BCUT2D eigenvalue weighted by Crippen LogP contribution is 2.46. The normalized spacial score (nSPS) is 14.6. The van der Waals surface area contributed by atoms with Crippen LogP contribution >= 0.6 is 15.9 Å². The lowest BCUT2D eigenvalue weighted by Crippen LogP contribution is -2.55. The fourth-order valence-corrected chi connectivity index (χ4v) is 3.53. The molecule has 0 saturated heterocycles. The highest BCUT2D eigenvalue weighted by Gasteiger charge is 2.49. The number of carboxylic acid groups (broad SMARTS) is 1. The Morgan fingerprint density at radius 2 is 1.62 bits per heavy atom. The predicted octanol–water partition coefficient (Wildman–Crippen LogP) is 5.42. The van der Waals surface area contributed by atoms with Crippen molar-refractivity contribution in [3.8, 4) is 0 Å². The molecule has 140 valence electrons. The van der Waals surface area contributed by atoms with Crippen LogP contribution in [0.4, 0.5) is 18.0 Å². The minimum atomic E-state index is -4.48. The molecule has 0 aliphatic carbocycles. The lowest BCUT2D eigenvalue weighted by atomic mass is 9.67. The predicted molar refractivity (Wildman–Crippen MR) is 94.8 cm³/mol. The van der Waals surface area contributed by atoms with E-state index in [9.17, 15) is 23.1 Å². The van der Waals surface area contributed by atoms with Crippen LogP contribution in [0.5, 0.6) is 0 Å². The third kappa shape index (κ3) is 3.70. The maximum Gasteiger partial charge on any atom is 0.416 e. The number of pyridine rings is 1. The number of hydrogen-bond acceptors (Lipinski definition) is 2. The molecule has 26 heavy (non-hydrogen) atoms. The summed E-state index contributed by atoms with van der Waals surface area (Å²) >= 11 is 3.38. The standard InChI is InChI=1S/C18H18BrF3N2O2/c1-16(2,3)17(24-15(25)26,14-13(19)5-4-10-23-14)11-6-8-12(9-7-11)18(20,21)22/h4-10,24H,1-3H3,(H,25,26). The molecule has 1 atom stereocenters.